The number of likely N-dealkylation sites (tertiary alicyclic amines) is 1. The maximum Gasteiger partial charge on any atom is 0.257 e. The molecule has 5 nitrogen and oxygen atoms in total. The van der Waals surface area contributed by atoms with E-state index in [0.29, 0.717) is 33.3 Å². The minimum Gasteiger partial charge on any atom is -0.336 e. The molecule has 1 atom stereocenters. The molecule has 1 fully saturated rings. The number of aromatic nitrogens is 2. The van der Waals surface area contributed by atoms with Gasteiger partial charge < -0.3 is 10.2 Å². The summed E-state index contributed by atoms with van der Waals surface area (Å²) in [5.74, 6) is 0.366. The number of anilines is 2. The second-order valence-corrected chi connectivity index (χ2v) is 6.94. The monoisotopic (exact) mass is 378 g/mol. The third-order valence-corrected chi connectivity index (χ3v) is 5.00. The Morgan fingerprint density at radius 1 is 1.28 bits per heavy atom. The van der Waals surface area contributed by atoms with Crippen LogP contribution in [-0.4, -0.2) is 33.4 Å². The Hall–Kier alpha value is -1.85. The molecule has 1 aliphatic heterocycles. The molecule has 0 spiro atoms. The largest absolute Gasteiger partial charge is 0.336 e. The van der Waals surface area contributed by atoms with Crippen LogP contribution < -0.4 is 5.32 Å². The molecule has 2 aromatic rings. The van der Waals surface area contributed by atoms with Gasteiger partial charge in [-0.25, -0.2) is 9.97 Å². The van der Waals surface area contributed by atoms with Crippen LogP contribution in [0.1, 0.15) is 43.0 Å². The highest BCUT2D eigenvalue weighted by Crippen LogP contribution is 2.27. The van der Waals surface area contributed by atoms with Crippen LogP contribution in [0.4, 0.5) is 11.6 Å². The summed E-state index contributed by atoms with van der Waals surface area (Å²) >= 11 is 12.1. The number of nitrogens with zero attached hydrogens (tertiary/aromatic N) is 3. The Morgan fingerprint density at radius 2 is 2.04 bits per heavy atom. The molecule has 1 saturated heterocycles. The Bertz CT molecular complexity index is 751. The van der Waals surface area contributed by atoms with Crippen molar-refractivity contribution in [3.8, 4) is 0 Å². The summed E-state index contributed by atoms with van der Waals surface area (Å²) in [5.41, 5.74) is 1.12. The molecule has 1 aromatic heterocycles. The van der Waals surface area contributed by atoms with Gasteiger partial charge in [0.1, 0.15) is 0 Å². The SMILES string of the molecule is CCC1CCCCN1C(=O)c1cnc(Nc2cc(Cl)ccc2Cl)nc1. The zero-order valence-corrected chi connectivity index (χ0v) is 15.5. The molecule has 2 heterocycles. The molecule has 0 saturated carbocycles. The van der Waals surface area contributed by atoms with Crippen molar-refractivity contribution in [2.75, 3.05) is 11.9 Å². The first-order valence-electron chi connectivity index (χ1n) is 8.43. The fourth-order valence-electron chi connectivity index (χ4n) is 3.07. The molecular formula is C18H20Cl2N4O. The zero-order valence-electron chi connectivity index (χ0n) is 14.0. The van der Waals surface area contributed by atoms with Gasteiger partial charge in [0.15, 0.2) is 0 Å². The number of hydrogen-bond donors (Lipinski definition) is 1. The zero-order chi connectivity index (χ0) is 17.8. The molecule has 0 radical (unpaired) electrons. The van der Waals surface area contributed by atoms with E-state index in [1.54, 1.807) is 30.6 Å². The van der Waals surface area contributed by atoms with Crippen molar-refractivity contribution in [3.05, 3.63) is 46.2 Å². The lowest BCUT2D eigenvalue weighted by Gasteiger charge is -2.35. The summed E-state index contributed by atoms with van der Waals surface area (Å²) in [6.45, 7) is 2.92. The first-order chi connectivity index (χ1) is 12.1. The number of hydrogen-bond acceptors (Lipinski definition) is 4. The van der Waals surface area contributed by atoms with E-state index in [0.717, 1.165) is 25.8 Å². The van der Waals surface area contributed by atoms with E-state index >= 15 is 0 Å². The predicted molar refractivity (Wildman–Crippen MR) is 101 cm³/mol. The van der Waals surface area contributed by atoms with Crippen molar-refractivity contribution in [1.82, 2.24) is 14.9 Å². The van der Waals surface area contributed by atoms with Gasteiger partial charge in [0.2, 0.25) is 5.95 Å². The highest BCUT2D eigenvalue weighted by Gasteiger charge is 2.26. The molecule has 0 aliphatic carbocycles. The van der Waals surface area contributed by atoms with Crippen LogP contribution in [0.25, 0.3) is 0 Å². The van der Waals surface area contributed by atoms with Gasteiger partial charge in [-0.2, -0.15) is 0 Å². The second-order valence-electron chi connectivity index (χ2n) is 6.10. The summed E-state index contributed by atoms with van der Waals surface area (Å²) in [7, 11) is 0. The third-order valence-electron chi connectivity index (χ3n) is 4.43. The molecular weight excluding hydrogens is 359 g/mol. The minimum absolute atomic E-state index is 0.00103. The topological polar surface area (TPSA) is 58.1 Å². The minimum atomic E-state index is -0.00103. The van der Waals surface area contributed by atoms with Crippen molar-refractivity contribution in [2.45, 2.75) is 38.6 Å². The third kappa shape index (κ3) is 4.22. The van der Waals surface area contributed by atoms with E-state index in [1.165, 1.54) is 6.42 Å². The van der Waals surface area contributed by atoms with Gasteiger partial charge >= 0.3 is 0 Å². The number of benzene rings is 1. The first-order valence-corrected chi connectivity index (χ1v) is 9.19. The fourth-order valence-corrected chi connectivity index (χ4v) is 3.41. The highest BCUT2D eigenvalue weighted by atomic mass is 35.5. The number of piperidine rings is 1. The van der Waals surface area contributed by atoms with Crippen molar-refractivity contribution in [3.63, 3.8) is 0 Å². The Kier molecular flexibility index (Phi) is 5.76. The smallest absolute Gasteiger partial charge is 0.257 e. The highest BCUT2D eigenvalue weighted by molar-refractivity contribution is 6.35. The van der Waals surface area contributed by atoms with Crippen molar-refractivity contribution in [1.29, 1.82) is 0 Å². The van der Waals surface area contributed by atoms with Gasteiger partial charge in [0.05, 0.1) is 16.3 Å². The van der Waals surface area contributed by atoms with Crippen molar-refractivity contribution < 1.29 is 4.79 Å². The van der Waals surface area contributed by atoms with Gasteiger partial charge in [-0.15, -0.1) is 0 Å². The number of amides is 1. The van der Waals surface area contributed by atoms with Crippen LogP contribution in [0.3, 0.4) is 0 Å². The molecule has 1 N–H and O–H groups in total. The van der Waals surface area contributed by atoms with E-state index in [9.17, 15) is 4.79 Å². The van der Waals surface area contributed by atoms with E-state index in [2.05, 4.69) is 22.2 Å². The van der Waals surface area contributed by atoms with E-state index < -0.39 is 0 Å². The molecule has 0 bridgehead atoms. The molecule has 7 heteroatoms. The number of rotatable bonds is 4. The molecule has 1 unspecified atom stereocenters. The van der Waals surface area contributed by atoms with Crippen molar-refractivity contribution in [2.24, 2.45) is 0 Å². The van der Waals surface area contributed by atoms with E-state index in [4.69, 9.17) is 23.2 Å². The van der Waals surface area contributed by atoms with Gasteiger partial charge in [-0.1, -0.05) is 30.1 Å². The molecule has 25 heavy (non-hydrogen) atoms. The normalized spacial score (nSPS) is 17.4. The quantitative estimate of drug-likeness (QED) is 0.818. The summed E-state index contributed by atoms with van der Waals surface area (Å²) in [5, 5.41) is 4.10. The van der Waals surface area contributed by atoms with Crippen LogP contribution >= 0.6 is 23.2 Å². The predicted octanol–water partition coefficient (Wildman–Crippen LogP) is 4.93. The summed E-state index contributed by atoms with van der Waals surface area (Å²) < 4.78 is 0. The Balaban J connectivity index is 1.73. The van der Waals surface area contributed by atoms with Gasteiger partial charge in [0.25, 0.3) is 5.91 Å². The summed E-state index contributed by atoms with van der Waals surface area (Å²) in [6.07, 6.45) is 7.38. The van der Waals surface area contributed by atoms with E-state index in [-0.39, 0.29) is 5.91 Å². The fraction of sp³-hybridized carbons (Fsp3) is 0.389. The molecule has 1 aromatic carbocycles. The van der Waals surface area contributed by atoms with Crippen LogP contribution in [0.2, 0.25) is 10.0 Å². The Labute approximate surface area is 157 Å². The second kappa shape index (κ2) is 8.02. The Morgan fingerprint density at radius 3 is 2.76 bits per heavy atom. The summed E-state index contributed by atoms with van der Waals surface area (Å²) in [4.78, 5) is 23.2. The van der Waals surface area contributed by atoms with Gasteiger partial charge in [-0.3, -0.25) is 4.79 Å². The summed E-state index contributed by atoms with van der Waals surface area (Å²) in [6, 6.07) is 5.42. The lowest BCUT2D eigenvalue weighted by molar-refractivity contribution is 0.0607. The average molecular weight is 379 g/mol. The number of carbonyl (C=O) groups excluding carboxylic acids is 1. The van der Waals surface area contributed by atoms with Crippen LogP contribution in [0.15, 0.2) is 30.6 Å². The molecule has 1 amide bonds. The number of carbonyl (C=O) groups is 1. The number of halogens is 2. The maximum atomic E-state index is 12.7. The lowest BCUT2D eigenvalue weighted by atomic mass is 9.99. The lowest BCUT2D eigenvalue weighted by Crippen LogP contribution is -2.43. The van der Waals surface area contributed by atoms with Crippen LogP contribution in [0.5, 0.6) is 0 Å². The van der Waals surface area contributed by atoms with Crippen LogP contribution in [-0.2, 0) is 0 Å². The van der Waals surface area contributed by atoms with Gasteiger partial charge in [-0.05, 0) is 43.9 Å². The molecule has 3 rings (SSSR count). The van der Waals surface area contributed by atoms with Crippen LogP contribution in [0, 0.1) is 0 Å². The average Bonchev–Trinajstić information content (AvgIpc) is 2.64. The van der Waals surface area contributed by atoms with E-state index in [1.807, 2.05) is 4.90 Å². The first kappa shape index (κ1) is 18.0. The maximum absolute atomic E-state index is 12.7. The molecule has 132 valence electrons. The van der Waals surface area contributed by atoms with Crippen molar-refractivity contribution >= 4 is 40.7 Å². The molecule has 1 aliphatic rings. The van der Waals surface area contributed by atoms with Gasteiger partial charge in [0, 0.05) is 30.0 Å². The number of nitrogens with one attached hydrogen (secondary N) is 1. The standard InChI is InChI=1S/C18H20Cl2N4O/c1-2-14-5-3-4-8-24(14)17(25)12-10-21-18(22-11-12)23-16-9-13(19)6-7-15(16)20/h6-7,9-11,14H,2-5,8H2,1H3,(H,21,22,23).